The molecule has 0 saturated carbocycles. The minimum atomic E-state index is 0.311. The van der Waals surface area contributed by atoms with Crippen molar-refractivity contribution in [3.63, 3.8) is 0 Å². The number of ether oxygens (including phenoxy) is 1. The molecule has 0 unspecified atom stereocenters. The lowest BCUT2D eigenvalue weighted by Crippen LogP contribution is -2.21. The van der Waals surface area contributed by atoms with Crippen LogP contribution in [0.5, 0.6) is 5.75 Å². The van der Waals surface area contributed by atoms with Crippen LogP contribution in [0.4, 0.5) is 5.69 Å². The van der Waals surface area contributed by atoms with E-state index in [9.17, 15) is 4.79 Å². The minimum Gasteiger partial charge on any atom is -0.496 e. The van der Waals surface area contributed by atoms with Gasteiger partial charge in [0.15, 0.2) is 0 Å². The molecule has 0 aliphatic heterocycles. The maximum absolute atomic E-state index is 10.1. The average molecular weight is 234 g/mol. The summed E-state index contributed by atoms with van der Waals surface area (Å²) in [5.74, 6) is 0.758. The maximum Gasteiger partial charge on any atom is 0.235 e. The zero-order chi connectivity index (χ0) is 12.7. The van der Waals surface area contributed by atoms with Crippen LogP contribution >= 0.6 is 0 Å². The number of nitrogens with zero attached hydrogens (tertiary/aromatic N) is 2. The van der Waals surface area contributed by atoms with Crippen molar-refractivity contribution in [2.24, 2.45) is 4.99 Å². The molecule has 0 heterocycles. The third-order valence-corrected chi connectivity index (χ3v) is 2.71. The van der Waals surface area contributed by atoms with Gasteiger partial charge in [0.2, 0.25) is 6.08 Å². The van der Waals surface area contributed by atoms with Crippen molar-refractivity contribution in [1.29, 1.82) is 0 Å². The Balaban J connectivity index is 3.02. The van der Waals surface area contributed by atoms with Crippen LogP contribution in [0.25, 0.3) is 0 Å². The Bertz CT molecular complexity index is 408. The van der Waals surface area contributed by atoms with Crippen LogP contribution in [0.2, 0.25) is 0 Å². The highest BCUT2D eigenvalue weighted by molar-refractivity contribution is 5.54. The van der Waals surface area contributed by atoms with Crippen LogP contribution in [0.1, 0.15) is 19.4 Å². The third kappa shape index (κ3) is 3.33. The van der Waals surface area contributed by atoms with Gasteiger partial charge in [0.05, 0.1) is 13.7 Å². The summed E-state index contributed by atoms with van der Waals surface area (Å²) in [4.78, 5) is 15.9. The summed E-state index contributed by atoms with van der Waals surface area (Å²) in [5, 5.41) is 0. The summed E-state index contributed by atoms with van der Waals surface area (Å²) in [6, 6.07) is 5.93. The monoisotopic (exact) mass is 234 g/mol. The fourth-order valence-electron chi connectivity index (χ4n) is 1.77. The standard InChI is InChI=1S/C13H18N2O2/c1-4-15(5-2)12-7-6-11(9-14-10-16)13(8-12)17-3/h6-8H,4-5,9H2,1-3H3. The van der Waals surface area contributed by atoms with Crippen molar-refractivity contribution in [2.75, 3.05) is 25.1 Å². The maximum atomic E-state index is 10.1. The lowest BCUT2D eigenvalue weighted by atomic mass is 10.1. The lowest BCUT2D eigenvalue weighted by molar-refractivity contribution is 0.410. The summed E-state index contributed by atoms with van der Waals surface area (Å²) in [6.45, 7) is 6.43. The number of benzene rings is 1. The Labute approximate surface area is 102 Å². The van der Waals surface area contributed by atoms with E-state index in [0.717, 1.165) is 30.1 Å². The summed E-state index contributed by atoms with van der Waals surface area (Å²) < 4.78 is 5.31. The van der Waals surface area contributed by atoms with E-state index in [1.165, 1.54) is 6.08 Å². The number of hydrogen-bond donors (Lipinski definition) is 0. The van der Waals surface area contributed by atoms with Crippen molar-refractivity contribution >= 4 is 11.8 Å². The summed E-state index contributed by atoms with van der Waals surface area (Å²) in [7, 11) is 1.62. The Kier molecular flexibility index (Phi) is 5.24. The fraction of sp³-hybridized carbons (Fsp3) is 0.462. The van der Waals surface area contributed by atoms with Crippen molar-refractivity contribution < 1.29 is 9.53 Å². The summed E-state index contributed by atoms with van der Waals surface area (Å²) in [5.41, 5.74) is 2.01. The normalized spacial score (nSPS) is 9.59. The Morgan fingerprint density at radius 1 is 1.35 bits per heavy atom. The molecule has 1 rings (SSSR count). The van der Waals surface area contributed by atoms with Gasteiger partial charge in [-0.2, -0.15) is 0 Å². The van der Waals surface area contributed by atoms with Gasteiger partial charge in [-0.05, 0) is 19.9 Å². The Hall–Kier alpha value is -1.80. The average Bonchev–Trinajstić information content (AvgIpc) is 2.38. The van der Waals surface area contributed by atoms with Gasteiger partial charge < -0.3 is 9.64 Å². The second-order valence-corrected chi connectivity index (χ2v) is 3.58. The Morgan fingerprint density at radius 3 is 2.59 bits per heavy atom. The first-order chi connectivity index (χ1) is 8.26. The van der Waals surface area contributed by atoms with Crippen LogP contribution in [0.3, 0.4) is 0 Å². The Morgan fingerprint density at radius 2 is 2.06 bits per heavy atom. The molecule has 92 valence electrons. The molecule has 0 radical (unpaired) electrons. The quantitative estimate of drug-likeness (QED) is 0.560. The molecule has 0 aliphatic rings. The highest BCUT2D eigenvalue weighted by atomic mass is 16.5. The molecule has 0 amide bonds. The number of aliphatic imine (C=N–C) groups is 1. The zero-order valence-electron chi connectivity index (χ0n) is 10.6. The van der Waals surface area contributed by atoms with E-state index in [-0.39, 0.29) is 0 Å². The number of rotatable bonds is 6. The molecule has 4 nitrogen and oxygen atoms in total. The van der Waals surface area contributed by atoms with Crippen LogP contribution in [0, 0.1) is 0 Å². The van der Waals surface area contributed by atoms with Crippen molar-refractivity contribution in [3.05, 3.63) is 23.8 Å². The van der Waals surface area contributed by atoms with E-state index in [2.05, 4.69) is 23.7 Å². The van der Waals surface area contributed by atoms with Gasteiger partial charge in [-0.3, -0.25) is 0 Å². The molecule has 0 fully saturated rings. The molecule has 17 heavy (non-hydrogen) atoms. The van der Waals surface area contributed by atoms with Crippen LogP contribution in [0.15, 0.2) is 23.2 Å². The third-order valence-electron chi connectivity index (χ3n) is 2.71. The summed E-state index contributed by atoms with van der Waals surface area (Å²) >= 11 is 0. The van der Waals surface area contributed by atoms with Gasteiger partial charge >= 0.3 is 0 Å². The van der Waals surface area contributed by atoms with E-state index >= 15 is 0 Å². The minimum absolute atomic E-state index is 0.311. The topological polar surface area (TPSA) is 41.9 Å². The van der Waals surface area contributed by atoms with E-state index < -0.39 is 0 Å². The van der Waals surface area contributed by atoms with Gasteiger partial charge in [-0.15, -0.1) is 0 Å². The van der Waals surface area contributed by atoms with Gasteiger partial charge in [-0.1, -0.05) is 6.07 Å². The molecular formula is C13H18N2O2. The second-order valence-electron chi connectivity index (χ2n) is 3.58. The molecule has 1 aromatic carbocycles. The fourth-order valence-corrected chi connectivity index (χ4v) is 1.77. The molecule has 0 N–H and O–H groups in total. The largest absolute Gasteiger partial charge is 0.496 e. The first-order valence-corrected chi connectivity index (χ1v) is 5.72. The van der Waals surface area contributed by atoms with Crippen molar-refractivity contribution in [1.82, 2.24) is 0 Å². The van der Waals surface area contributed by atoms with Gasteiger partial charge in [0.25, 0.3) is 0 Å². The number of methoxy groups -OCH3 is 1. The molecule has 0 aliphatic carbocycles. The lowest BCUT2D eigenvalue weighted by Gasteiger charge is -2.22. The van der Waals surface area contributed by atoms with Crippen LogP contribution in [-0.4, -0.2) is 26.3 Å². The van der Waals surface area contributed by atoms with E-state index in [0.29, 0.717) is 6.54 Å². The van der Waals surface area contributed by atoms with Gasteiger partial charge in [0, 0.05) is 30.4 Å². The number of hydrogen-bond acceptors (Lipinski definition) is 4. The predicted octanol–water partition coefficient (Wildman–Crippen LogP) is 2.38. The highest BCUT2D eigenvalue weighted by Crippen LogP contribution is 2.26. The van der Waals surface area contributed by atoms with E-state index in [1.807, 2.05) is 18.2 Å². The van der Waals surface area contributed by atoms with Crippen molar-refractivity contribution in [3.8, 4) is 5.75 Å². The molecule has 0 aromatic heterocycles. The smallest absolute Gasteiger partial charge is 0.235 e. The van der Waals surface area contributed by atoms with Gasteiger partial charge in [0.1, 0.15) is 5.75 Å². The van der Waals surface area contributed by atoms with Crippen LogP contribution in [-0.2, 0) is 11.3 Å². The number of anilines is 1. The van der Waals surface area contributed by atoms with E-state index in [1.54, 1.807) is 7.11 Å². The number of isocyanates is 1. The molecule has 0 spiro atoms. The first kappa shape index (κ1) is 13.3. The molecule has 0 atom stereocenters. The van der Waals surface area contributed by atoms with E-state index in [4.69, 9.17) is 4.74 Å². The van der Waals surface area contributed by atoms with Crippen molar-refractivity contribution in [2.45, 2.75) is 20.4 Å². The summed E-state index contributed by atoms with van der Waals surface area (Å²) in [6.07, 6.45) is 1.54. The highest BCUT2D eigenvalue weighted by Gasteiger charge is 2.07. The molecule has 4 heteroatoms. The zero-order valence-corrected chi connectivity index (χ0v) is 10.6. The van der Waals surface area contributed by atoms with Gasteiger partial charge in [-0.25, -0.2) is 9.79 Å². The molecule has 0 saturated heterocycles. The van der Waals surface area contributed by atoms with Crippen LogP contribution < -0.4 is 9.64 Å². The SMILES string of the molecule is CCN(CC)c1ccc(CN=C=O)c(OC)c1. The molecule has 1 aromatic rings. The predicted molar refractivity (Wildman–Crippen MR) is 68.4 cm³/mol. The molecule has 0 bridgehead atoms. The molecular weight excluding hydrogens is 216 g/mol. The first-order valence-electron chi connectivity index (χ1n) is 5.72. The number of carbonyl (C=O) groups excluding carboxylic acids is 1. The second kappa shape index (κ2) is 6.71.